The molecule has 0 bridgehead atoms. The Labute approximate surface area is 177 Å². The first-order valence-corrected chi connectivity index (χ1v) is 12.3. The molecule has 4 rings (SSSR count). The number of rotatable bonds is 5. The van der Waals surface area contributed by atoms with Crippen molar-refractivity contribution in [3.8, 4) is 0 Å². The number of allylic oxidation sites excluding steroid dienone is 2. The fraction of sp³-hybridized carbons (Fsp3) is 0.885. The number of fused-ring (bicyclic) bond motifs is 4. The number of esters is 1. The highest BCUT2D eigenvalue weighted by Gasteiger charge is 2.59. The number of carbonyl (C=O) groups is 1. The summed E-state index contributed by atoms with van der Waals surface area (Å²) < 4.78 is 20.1. The van der Waals surface area contributed by atoms with Crippen molar-refractivity contribution in [2.45, 2.75) is 105 Å². The summed E-state index contributed by atoms with van der Waals surface area (Å²) in [6.07, 6.45) is 9.49. The van der Waals surface area contributed by atoms with Gasteiger partial charge in [0.25, 0.3) is 0 Å². The Morgan fingerprint density at radius 1 is 1.07 bits per heavy atom. The van der Waals surface area contributed by atoms with Crippen LogP contribution in [0.4, 0.5) is 4.39 Å². The zero-order chi connectivity index (χ0) is 21.0. The molecule has 4 aliphatic rings. The van der Waals surface area contributed by atoms with E-state index in [2.05, 4.69) is 34.6 Å². The first-order chi connectivity index (χ1) is 13.7. The van der Waals surface area contributed by atoms with E-state index in [4.69, 9.17) is 4.74 Å². The van der Waals surface area contributed by atoms with Crippen LogP contribution in [0.15, 0.2) is 11.3 Å². The first kappa shape index (κ1) is 21.4. The van der Waals surface area contributed by atoms with Crippen LogP contribution in [0.1, 0.15) is 98.8 Å². The third-order valence-corrected chi connectivity index (χ3v) is 9.49. The van der Waals surface area contributed by atoms with Crippen LogP contribution < -0.4 is 0 Å². The molecule has 1 aliphatic heterocycles. The summed E-state index contributed by atoms with van der Waals surface area (Å²) >= 11 is 0. The van der Waals surface area contributed by atoms with Crippen LogP contribution in [0.25, 0.3) is 0 Å². The van der Waals surface area contributed by atoms with Gasteiger partial charge in [0.2, 0.25) is 0 Å². The lowest BCUT2D eigenvalue weighted by Crippen LogP contribution is -2.49. The van der Waals surface area contributed by atoms with Gasteiger partial charge >= 0.3 is 5.97 Å². The Bertz CT molecular complexity index is 682. The predicted molar refractivity (Wildman–Crippen MR) is 115 cm³/mol. The van der Waals surface area contributed by atoms with Crippen molar-refractivity contribution in [1.82, 2.24) is 0 Å². The topological polar surface area (TPSA) is 26.3 Å². The molecular formula is C26H41FO2. The number of hydrogen-bond donors (Lipinski definition) is 0. The summed E-state index contributed by atoms with van der Waals surface area (Å²) in [7, 11) is 0. The van der Waals surface area contributed by atoms with Crippen molar-refractivity contribution in [3.63, 3.8) is 0 Å². The number of alkyl halides is 1. The standard InChI is InChI=1S/C26H41FO2/c1-16(2)7-6-8-17(3)19-9-10-20-23-21(12-14-25(19,20)4)26(5)13-11-18(27)15-22(26)24(28)29-23/h16-20,22H,6-15H2,1-5H3/t17-,18-,19-,20+,22-,25-,26-/m1/s1. The molecule has 0 spiro atoms. The fourth-order valence-electron chi connectivity index (χ4n) is 7.63. The van der Waals surface area contributed by atoms with Crippen LogP contribution in [0, 0.1) is 40.4 Å². The summed E-state index contributed by atoms with van der Waals surface area (Å²) in [5.74, 6) is 3.22. The second-order valence-electron chi connectivity index (χ2n) is 11.6. The van der Waals surface area contributed by atoms with Gasteiger partial charge in [-0.25, -0.2) is 4.39 Å². The summed E-state index contributed by atoms with van der Waals surface area (Å²) in [5.41, 5.74) is 1.46. The lowest BCUT2D eigenvalue weighted by Gasteiger charge is -2.52. The summed E-state index contributed by atoms with van der Waals surface area (Å²) in [6.45, 7) is 11.8. The maximum Gasteiger partial charge on any atom is 0.315 e. The van der Waals surface area contributed by atoms with Gasteiger partial charge in [-0.1, -0.05) is 53.9 Å². The molecule has 0 amide bonds. The molecule has 3 aliphatic carbocycles. The van der Waals surface area contributed by atoms with E-state index in [-0.39, 0.29) is 22.7 Å². The minimum absolute atomic E-state index is 0.147. The van der Waals surface area contributed by atoms with Gasteiger partial charge in [-0.2, -0.15) is 0 Å². The normalized spacial score (nSPS) is 42.9. The van der Waals surface area contributed by atoms with Gasteiger partial charge in [-0.3, -0.25) is 4.79 Å². The highest BCUT2D eigenvalue weighted by Crippen LogP contribution is 2.65. The fourth-order valence-corrected chi connectivity index (χ4v) is 7.63. The lowest BCUT2D eigenvalue weighted by molar-refractivity contribution is -0.158. The van der Waals surface area contributed by atoms with E-state index in [1.807, 2.05) is 0 Å². The molecule has 2 saturated carbocycles. The molecule has 3 heteroatoms. The van der Waals surface area contributed by atoms with Crippen LogP contribution in [-0.2, 0) is 9.53 Å². The quantitative estimate of drug-likeness (QED) is 0.452. The Balaban J connectivity index is 1.57. The Morgan fingerprint density at radius 2 is 1.83 bits per heavy atom. The highest BCUT2D eigenvalue weighted by molar-refractivity contribution is 5.77. The van der Waals surface area contributed by atoms with E-state index in [1.54, 1.807) is 0 Å². The highest BCUT2D eigenvalue weighted by atomic mass is 19.1. The van der Waals surface area contributed by atoms with E-state index < -0.39 is 6.17 Å². The van der Waals surface area contributed by atoms with Crippen LogP contribution >= 0.6 is 0 Å². The number of hydrogen-bond acceptors (Lipinski definition) is 2. The molecule has 0 N–H and O–H groups in total. The molecule has 1 heterocycles. The Kier molecular flexibility index (Phi) is 5.66. The van der Waals surface area contributed by atoms with Gasteiger partial charge in [-0.15, -0.1) is 0 Å². The zero-order valence-corrected chi connectivity index (χ0v) is 19.2. The average Bonchev–Trinajstić information content (AvgIpc) is 3.00. The lowest BCUT2D eigenvalue weighted by atomic mass is 9.55. The smallest absolute Gasteiger partial charge is 0.315 e. The second-order valence-corrected chi connectivity index (χ2v) is 11.6. The van der Waals surface area contributed by atoms with E-state index in [0.29, 0.717) is 18.8 Å². The third kappa shape index (κ3) is 3.49. The molecule has 0 radical (unpaired) electrons. The largest absolute Gasteiger partial charge is 0.431 e. The number of carbonyl (C=O) groups excluding carboxylic acids is 1. The van der Waals surface area contributed by atoms with E-state index in [1.165, 1.54) is 37.7 Å². The molecule has 0 aromatic carbocycles. The number of halogens is 1. The molecule has 2 fully saturated rings. The first-order valence-electron chi connectivity index (χ1n) is 12.3. The molecule has 0 aromatic rings. The van der Waals surface area contributed by atoms with Crippen molar-refractivity contribution in [1.29, 1.82) is 0 Å². The molecule has 2 nitrogen and oxygen atoms in total. The molecule has 29 heavy (non-hydrogen) atoms. The monoisotopic (exact) mass is 404 g/mol. The van der Waals surface area contributed by atoms with Crippen molar-refractivity contribution in [2.75, 3.05) is 0 Å². The molecule has 0 unspecified atom stereocenters. The van der Waals surface area contributed by atoms with E-state index in [9.17, 15) is 9.18 Å². The minimum Gasteiger partial charge on any atom is -0.431 e. The van der Waals surface area contributed by atoms with Gasteiger partial charge in [0.1, 0.15) is 11.9 Å². The summed E-state index contributed by atoms with van der Waals surface area (Å²) in [4.78, 5) is 12.9. The maximum atomic E-state index is 14.1. The van der Waals surface area contributed by atoms with Crippen molar-refractivity contribution in [3.05, 3.63) is 11.3 Å². The number of ether oxygens (including phenoxy) is 1. The predicted octanol–water partition coefficient (Wildman–Crippen LogP) is 7.23. The molecule has 7 atom stereocenters. The summed E-state index contributed by atoms with van der Waals surface area (Å²) in [5, 5.41) is 0. The van der Waals surface area contributed by atoms with Crippen molar-refractivity contribution in [2.24, 2.45) is 40.4 Å². The van der Waals surface area contributed by atoms with Gasteiger partial charge in [0.15, 0.2) is 0 Å². The van der Waals surface area contributed by atoms with Gasteiger partial charge in [0.05, 0.1) is 5.92 Å². The minimum atomic E-state index is -0.848. The molecule has 0 aromatic heterocycles. The van der Waals surface area contributed by atoms with E-state index in [0.717, 1.165) is 42.8 Å². The third-order valence-electron chi connectivity index (χ3n) is 9.49. The summed E-state index contributed by atoms with van der Waals surface area (Å²) in [6, 6.07) is 0. The molecular weight excluding hydrogens is 363 g/mol. The van der Waals surface area contributed by atoms with Crippen LogP contribution in [0.5, 0.6) is 0 Å². The van der Waals surface area contributed by atoms with Gasteiger partial charge in [0, 0.05) is 11.3 Å². The van der Waals surface area contributed by atoms with E-state index >= 15 is 0 Å². The zero-order valence-electron chi connectivity index (χ0n) is 19.2. The van der Waals surface area contributed by atoms with Gasteiger partial charge in [-0.05, 0) is 73.7 Å². The molecule has 164 valence electrons. The Hall–Kier alpha value is -0.860. The SMILES string of the molecule is CC(C)CCC[C@@H](C)[C@H]1CC[C@H]2C3=C(CC[C@]12C)[C@@]1(C)CC[C@@H](F)C[C@@H]1C(=O)O3. The van der Waals surface area contributed by atoms with Crippen molar-refractivity contribution >= 4 is 5.97 Å². The van der Waals surface area contributed by atoms with Crippen LogP contribution in [0.3, 0.4) is 0 Å². The van der Waals surface area contributed by atoms with Gasteiger partial charge < -0.3 is 4.74 Å². The maximum absolute atomic E-state index is 14.1. The average molecular weight is 405 g/mol. The molecule has 0 saturated heterocycles. The van der Waals surface area contributed by atoms with Crippen molar-refractivity contribution < 1.29 is 13.9 Å². The van der Waals surface area contributed by atoms with Crippen LogP contribution in [0.2, 0.25) is 0 Å². The Morgan fingerprint density at radius 3 is 2.55 bits per heavy atom. The van der Waals surface area contributed by atoms with Crippen LogP contribution in [-0.4, -0.2) is 12.1 Å². The second kappa shape index (κ2) is 7.68.